The van der Waals surface area contributed by atoms with E-state index in [4.69, 9.17) is 4.74 Å². The highest BCUT2D eigenvalue weighted by molar-refractivity contribution is 7.09. The van der Waals surface area contributed by atoms with Gasteiger partial charge in [0.15, 0.2) is 0 Å². The topological polar surface area (TPSA) is 94.8 Å². The third-order valence-electron chi connectivity index (χ3n) is 4.84. The Kier molecular flexibility index (Phi) is 4.17. The van der Waals surface area contributed by atoms with Crippen LogP contribution in [0.5, 0.6) is 0 Å². The molecule has 1 N–H and O–H groups in total. The van der Waals surface area contributed by atoms with Gasteiger partial charge in [0.05, 0.1) is 24.9 Å². The largest absolute Gasteiger partial charge is 0.377 e. The van der Waals surface area contributed by atoms with Crippen LogP contribution in [0.25, 0.3) is 11.3 Å². The van der Waals surface area contributed by atoms with Crippen molar-refractivity contribution in [1.29, 1.82) is 0 Å². The first-order valence-corrected chi connectivity index (χ1v) is 9.73. The Morgan fingerprint density at radius 3 is 2.96 bits per heavy atom. The minimum absolute atomic E-state index is 0.0839. The van der Waals surface area contributed by atoms with Gasteiger partial charge in [-0.25, -0.2) is 9.67 Å². The van der Waals surface area contributed by atoms with Crippen LogP contribution in [0.15, 0.2) is 41.5 Å². The summed E-state index contributed by atoms with van der Waals surface area (Å²) in [6.45, 7) is 0.920. The molecule has 138 valence electrons. The fraction of sp³-hybridized carbons (Fsp3) is 0.389. The van der Waals surface area contributed by atoms with E-state index in [2.05, 4.69) is 24.8 Å². The quantitative estimate of drug-likeness (QED) is 0.722. The maximum Gasteiger partial charge on any atom is 0.267 e. The molecule has 4 heterocycles. The van der Waals surface area contributed by atoms with Crippen LogP contribution in [0.3, 0.4) is 0 Å². The molecular formula is C18H18N6O2S. The van der Waals surface area contributed by atoms with E-state index in [1.165, 1.54) is 29.1 Å². The summed E-state index contributed by atoms with van der Waals surface area (Å²) in [5.41, 5.74) is 1.43. The number of ether oxygens (including phenoxy) is 1. The molecule has 2 atom stereocenters. The van der Waals surface area contributed by atoms with Crippen LogP contribution in [0, 0.1) is 0 Å². The zero-order chi connectivity index (χ0) is 18.2. The molecule has 0 bridgehead atoms. The fourth-order valence-electron chi connectivity index (χ4n) is 3.21. The van der Waals surface area contributed by atoms with E-state index >= 15 is 0 Å². The van der Waals surface area contributed by atoms with Crippen LogP contribution < -0.4 is 10.9 Å². The smallest absolute Gasteiger partial charge is 0.267 e. The van der Waals surface area contributed by atoms with E-state index in [-0.39, 0.29) is 17.6 Å². The van der Waals surface area contributed by atoms with Gasteiger partial charge in [0.2, 0.25) is 5.13 Å². The zero-order valence-electron chi connectivity index (χ0n) is 14.5. The fourth-order valence-corrected chi connectivity index (χ4v) is 3.92. The minimum Gasteiger partial charge on any atom is -0.377 e. The summed E-state index contributed by atoms with van der Waals surface area (Å²) >= 11 is 1.36. The van der Waals surface area contributed by atoms with E-state index in [0.717, 1.165) is 16.5 Å². The van der Waals surface area contributed by atoms with Crippen molar-refractivity contribution in [3.8, 4) is 11.3 Å². The lowest BCUT2D eigenvalue weighted by Crippen LogP contribution is -2.37. The van der Waals surface area contributed by atoms with Gasteiger partial charge in [0.1, 0.15) is 11.9 Å². The minimum atomic E-state index is -0.206. The molecule has 3 aromatic rings. The number of anilines is 1. The highest BCUT2D eigenvalue weighted by Gasteiger charge is 2.33. The third kappa shape index (κ3) is 3.35. The summed E-state index contributed by atoms with van der Waals surface area (Å²) in [5, 5.41) is 8.73. The Bertz CT molecular complexity index is 1000. The average Bonchev–Trinajstić information content (AvgIpc) is 3.28. The van der Waals surface area contributed by atoms with Crippen molar-refractivity contribution >= 4 is 16.7 Å². The van der Waals surface area contributed by atoms with Gasteiger partial charge >= 0.3 is 0 Å². The Morgan fingerprint density at radius 2 is 2.15 bits per heavy atom. The van der Waals surface area contributed by atoms with Crippen LogP contribution in [0.4, 0.5) is 5.13 Å². The predicted octanol–water partition coefficient (Wildman–Crippen LogP) is 2.09. The molecule has 2 aliphatic rings. The number of hydrogen-bond donors (Lipinski definition) is 1. The lowest BCUT2D eigenvalue weighted by atomic mass is 10.1. The number of aromatic nitrogens is 5. The molecule has 0 aromatic carbocycles. The summed E-state index contributed by atoms with van der Waals surface area (Å²) in [6, 6.07) is 6.75. The molecule has 1 aliphatic carbocycles. The maximum atomic E-state index is 12.5. The first kappa shape index (κ1) is 16.5. The molecule has 0 radical (unpaired) electrons. The number of rotatable bonds is 5. The number of hydrogen-bond acceptors (Lipinski definition) is 8. The normalized spacial score (nSPS) is 22.1. The van der Waals surface area contributed by atoms with Gasteiger partial charge < -0.3 is 10.1 Å². The molecule has 2 unspecified atom stereocenters. The molecule has 8 nitrogen and oxygen atoms in total. The van der Waals surface area contributed by atoms with Crippen molar-refractivity contribution in [3.63, 3.8) is 0 Å². The van der Waals surface area contributed by atoms with Gasteiger partial charge in [-0.2, -0.15) is 9.47 Å². The lowest BCUT2D eigenvalue weighted by molar-refractivity contribution is 0.183. The second kappa shape index (κ2) is 6.82. The number of pyridine rings is 1. The lowest BCUT2D eigenvalue weighted by Gasteiger charge is -2.20. The van der Waals surface area contributed by atoms with Gasteiger partial charge in [0.25, 0.3) is 5.56 Å². The van der Waals surface area contributed by atoms with Crippen LogP contribution >= 0.6 is 11.5 Å². The summed E-state index contributed by atoms with van der Waals surface area (Å²) in [4.78, 5) is 21.2. The second-order valence-corrected chi connectivity index (χ2v) is 7.58. The van der Waals surface area contributed by atoms with Crippen LogP contribution in [0.2, 0.25) is 0 Å². The molecule has 3 aromatic heterocycles. The van der Waals surface area contributed by atoms with Crippen molar-refractivity contribution < 1.29 is 4.74 Å². The first-order chi connectivity index (χ1) is 13.3. The summed E-state index contributed by atoms with van der Waals surface area (Å²) in [5.74, 6) is 1.44. The van der Waals surface area contributed by atoms with Gasteiger partial charge in [-0.3, -0.25) is 9.78 Å². The van der Waals surface area contributed by atoms with Gasteiger partial charge in [-0.15, -0.1) is 0 Å². The Hall–Kier alpha value is -2.65. The van der Waals surface area contributed by atoms with Crippen molar-refractivity contribution in [2.45, 2.75) is 30.8 Å². The molecule has 1 saturated carbocycles. The van der Waals surface area contributed by atoms with E-state index in [0.29, 0.717) is 24.8 Å². The summed E-state index contributed by atoms with van der Waals surface area (Å²) in [6.07, 6.45) is 5.79. The molecule has 5 rings (SSSR count). The Morgan fingerprint density at radius 1 is 1.22 bits per heavy atom. The van der Waals surface area contributed by atoms with E-state index in [9.17, 15) is 4.79 Å². The Labute approximate surface area is 159 Å². The van der Waals surface area contributed by atoms with Crippen LogP contribution in [-0.2, 0) is 4.74 Å². The zero-order valence-corrected chi connectivity index (χ0v) is 15.3. The maximum absolute atomic E-state index is 12.5. The third-order valence-corrected chi connectivity index (χ3v) is 5.50. The molecule has 1 saturated heterocycles. The second-order valence-electron chi connectivity index (χ2n) is 6.83. The average molecular weight is 382 g/mol. The molecule has 1 aliphatic heterocycles. The van der Waals surface area contributed by atoms with E-state index in [1.807, 2.05) is 12.1 Å². The van der Waals surface area contributed by atoms with Crippen molar-refractivity contribution in [3.05, 3.63) is 52.8 Å². The monoisotopic (exact) mass is 382 g/mol. The van der Waals surface area contributed by atoms with E-state index in [1.54, 1.807) is 24.5 Å². The highest BCUT2D eigenvalue weighted by atomic mass is 32.1. The Balaban J connectivity index is 1.41. The molecule has 9 heteroatoms. The summed E-state index contributed by atoms with van der Waals surface area (Å²) < 4.78 is 11.6. The molecule has 0 spiro atoms. The van der Waals surface area contributed by atoms with Crippen molar-refractivity contribution in [2.75, 3.05) is 18.5 Å². The van der Waals surface area contributed by atoms with Crippen molar-refractivity contribution in [2.24, 2.45) is 0 Å². The van der Waals surface area contributed by atoms with Crippen LogP contribution in [-0.4, -0.2) is 43.4 Å². The molecule has 2 fully saturated rings. The van der Waals surface area contributed by atoms with Gasteiger partial charge in [-0.05, 0) is 31.0 Å². The summed E-state index contributed by atoms with van der Waals surface area (Å²) in [7, 11) is 0. The highest BCUT2D eigenvalue weighted by Crippen LogP contribution is 2.39. The van der Waals surface area contributed by atoms with Gasteiger partial charge in [-0.1, -0.05) is 0 Å². The number of nitrogens with zero attached hydrogens (tertiary/aromatic N) is 5. The first-order valence-electron chi connectivity index (χ1n) is 8.96. The number of nitrogens with one attached hydrogen (secondary N) is 1. The van der Waals surface area contributed by atoms with Crippen molar-refractivity contribution in [1.82, 2.24) is 24.1 Å². The SMILES string of the molecule is O=c1ccc(-c2cccnc2)nn1C1COCC1Nc1nc(C2CC2)ns1. The standard InChI is InChI=1S/C18H18N6O2S/c25-16-6-5-13(12-2-1-7-19-8-12)22-24(16)15-10-26-9-14(15)20-18-21-17(23-27-18)11-3-4-11/h1-2,5-8,11,14-15H,3-4,9-10H2,(H,20,21,23). The predicted molar refractivity (Wildman–Crippen MR) is 101 cm³/mol. The molecular weight excluding hydrogens is 364 g/mol. The van der Waals surface area contributed by atoms with Gasteiger partial charge in [0, 0.05) is 41.5 Å². The van der Waals surface area contributed by atoms with Crippen LogP contribution in [0.1, 0.15) is 30.6 Å². The van der Waals surface area contributed by atoms with E-state index < -0.39 is 0 Å². The molecule has 27 heavy (non-hydrogen) atoms. The molecule has 0 amide bonds.